The van der Waals surface area contributed by atoms with E-state index in [-0.39, 0.29) is 0 Å². The van der Waals surface area contributed by atoms with Gasteiger partial charge in [0.2, 0.25) is 0 Å². The Bertz CT molecular complexity index is 506. The molecule has 0 aliphatic carbocycles. The van der Waals surface area contributed by atoms with Crippen molar-refractivity contribution in [3.05, 3.63) is 41.7 Å². The molecule has 1 aromatic heterocycles. The molecule has 0 saturated carbocycles. The van der Waals surface area contributed by atoms with Crippen molar-refractivity contribution in [2.45, 2.75) is 6.92 Å². The molecule has 0 radical (unpaired) electrons. The van der Waals surface area contributed by atoms with Crippen molar-refractivity contribution in [3.8, 4) is 5.69 Å². The van der Waals surface area contributed by atoms with Gasteiger partial charge in [-0.1, -0.05) is 6.07 Å². The Hall–Kier alpha value is -2.17. The summed E-state index contributed by atoms with van der Waals surface area (Å²) in [5.41, 5.74) is 2.10. The first kappa shape index (κ1) is 10.4. The largest absolute Gasteiger partial charge is 0.465 e. The zero-order valence-electron chi connectivity index (χ0n) is 9.04. The molecule has 0 amide bonds. The normalized spacial score (nSPS) is 10.1. The minimum atomic E-state index is -0.396. The predicted molar refractivity (Wildman–Crippen MR) is 57.4 cm³/mol. The quantitative estimate of drug-likeness (QED) is 0.713. The molecule has 0 aliphatic heterocycles. The van der Waals surface area contributed by atoms with Gasteiger partial charge in [0, 0.05) is 0 Å². The number of carbonyl (C=O) groups excluding carboxylic acids is 1. The highest BCUT2D eigenvalue weighted by molar-refractivity contribution is 5.93. The Morgan fingerprint density at radius 2 is 2.00 bits per heavy atom. The van der Waals surface area contributed by atoms with Crippen molar-refractivity contribution in [3.63, 3.8) is 0 Å². The molecule has 1 heterocycles. The van der Waals surface area contributed by atoms with E-state index in [4.69, 9.17) is 4.74 Å². The van der Waals surface area contributed by atoms with Crippen LogP contribution in [0.1, 0.15) is 15.9 Å². The van der Waals surface area contributed by atoms with E-state index in [2.05, 4.69) is 10.2 Å². The number of benzene rings is 1. The molecule has 5 heteroatoms. The highest BCUT2D eigenvalue weighted by atomic mass is 16.5. The summed E-state index contributed by atoms with van der Waals surface area (Å²) in [7, 11) is 1.35. The molecule has 0 N–H and O–H groups in total. The van der Waals surface area contributed by atoms with Gasteiger partial charge in [0.15, 0.2) is 0 Å². The van der Waals surface area contributed by atoms with Gasteiger partial charge in [0.1, 0.15) is 5.69 Å². The highest BCUT2D eigenvalue weighted by Crippen LogP contribution is 2.15. The Kier molecular flexibility index (Phi) is 2.68. The van der Waals surface area contributed by atoms with E-state index in [9.17, 15) is 4.79 Å². The van der Waals surface area contributed by atoms with Gasteiger partial charge in [-0.05, 0) is 24.6 Å². The van der Waals surface area contributed by atoms with E-state index in [0.717, 1.165) is 5.56 Å². The lowest BCUT2D eigenvalue weighted by Gasteiger charge is -2.07. The summed E-state index contributed by atoms with van der Waals surface area (Å²) < 4.78 is 4.71. The van der Waals surface area contributed by atoms with Crippen LogP contribution in [0.3, 0.4) is 0 Å². The molecule has 2 rings (SSSR count). The Balaban J connectivity index is 2.57. The Morgan fingerprint density at radius 1 is 1.31 bits per heavy atom. The summed E-state index contributed by atoms with van der Waals surface area (Å²) >= 11 is 0. The maximum absolute atomic E-state index is 11.5. The van der Waals surface area contributed by atoms with Crippen molar-refractivity contribution >= 4 is 5.97 Å². The number of ether oxygens (including phenoxy) is 1. The van der Waals surface area contributed by atoms with Crippen LogP contribution < -0.4 is 0 Å². The third-order valence-electron chi connectivity index (χ3n) is 2.19. The molecule has 0 bridgehead atoms. The number of methoxy groups -OCH3 is 1. The van der Waals surface area contributed by atoms with Crippen LogP contribution in [-0.2, 0) is 4.74 Å². The average Bonchev–Trinajstić information content (AvgIpc) is 2.81. The summed E-state index contributed by atoms with van der Waals surface area (Å²) in [5.74, 6) is -0.396. The van der Waals surface area contributed by atoms with E-state index in [1.807, 2.05) is 19.1 Å². The van der Waals surface area contributed by atoms with E-state index < -0.39 is 5.97 Å². The van der Waals surface area contributed by atoms with Crippen molar-refractivity contribution in [2.24, 2.45) is 0 Å². The van der Waals surface area contributed by atoms with Crippen LogP contribution in [0.5, 0.6) is 0 Å². The maximum Gasteiger partial charge on any atom is 0.340 e. The number of esters is 1. The Morgan fingerprint density at radius 3 is 2.62 bits per heavy atom. The molecule has 0 aliphatic rings. The van der Waals surface area contributed by atoms with Gasteiger partial charge < -0.3 is 4.74 Å². The molecule has 2 aromatic rings. The number of rotatable bonds is 2. The van der Waals surface area contributed by atoms with E-state index in [1.165, 1.54) is 11.9 Å². The third kappa shape index (κ3) is 1.79. The van der Waals surface area contributed by atoms with Gasteiger partial charge in [-0.15, -0.1) is 0 Å². The van der Waals surface area contributed by atoms with Crippen LogP contribution in [0.15, 0.2) is 30.6 Å². The monoisotopic (exact) mass is 217 g/mol. The molecule has 0 spiro atoms. The first-order chi connectivity index (χ1) is 7.72. The third-order valence-corrected chi connectivity index (χ3v) is 2.19. The minimum Gasteiger partial charge on any atom is -0.465 e. The summed E-state index contributed by atoms with van der Waals surface area (Å²) in [6.45, 7) is 1.94. The molecule has 0 saturated heterocycles. The number of hydrogen-bond donors (Lipinski definition) is 0. The zero-order chi connectivity index (χ0) is 11.5. The van der Waals surface area contributed by atoms with Crippen LogP contribution in [0.25, 0.3) is 5.69 Å². The van der Waals surface area contributed by atoms with Crippen molar-refractivity contribution in [1.29, 1.82) is 0 Å². The average molecular weight is 217 g/mol. The summed E-state index contributed by atoms with van der Waals surface area (Å²) in [4.78, 5) is 13.0. The SMILES string of the molecule is COC(=O)c1ccc(C)cc1-n1nccn1. The minimum absolute atomic E-state index is 0.396. The molecule has 16 heavy (non-hydrogen) atoms. The second-order valence-corrected chi connectivity index (χ2v) is 3.33. The first-order valence-electron chi connectivity index (χ1n) is 4.78. The molecule has 5 nitrogen and oxygen atoms in total. The lowest BCUT2D eigenvalue weighted by Crippen LogP contribution is -2.10. The van der Waals surface area contributed by atoms with E-state index in [1.54, 1.807) is 18.5 Å². The lowest BCUT2D eigenvalue weighted by atomic mass is 10.1. The topological polar surface area (TPSA) is 57.0 Å². The van der Waals surface area contributed by atoms with E-state index in [0.29, 0.717) is 11.3 Å². The van der Waals surface area contributed by atoms with Gasteiger partial charge >= 0.3 is 5.97 Å². The van der Waals surface area contributed by atoms with Crippen LogP contribution in [0, 0.1) is 6.92 Å². The Labute approximate surface area is 92.7 Å². The highest BCUT2D eigenvalue weighted by Gasteiger charge is 2.14. The number of nitrogens with zero attached hydrogens (tertiary/aromatic N) is 3. The molecule has 0 atom stereocenters. The standard InChI is InChI=1S/C11H11N3O2/c1-8-3-4-9(11(15)16-2)10(7-8)14-12-5-6-13-14/h3-7H,1-2H3. The molecule has 0 fully saturated rings. The van der Waals surface area contributed by atoms with Gasteiger partial charge in [0.25, 0.3) is 0 Å². The molecular weight excluding hydrogens is 206 g/mol. The van der Waals surface area contributed by atoms with E-state index >= 15 is 0 Å². The van der Waals surface area contributed by atoms with Crippen molar-refractivity contribution < 1.29 is 9.53 Å². The number of aromatic nitrogens is 3. The molecular formula is C11H11N3O2. The zero-order valence-corrected chi connectivity index (χ0v) is 9.04. The molecule has 0 unspecified atom stereocenters. The fraction of sp³-hybridized carbons (Fsp3) is 0.182. The van der Waals surface area contributed by atoms with Crippen molar-refractivity contribution in [1.82, 2.24) is 15.0 Å². The summed E-state index contributed by atoms with van der Waals surface area (Å²) in [6.07, 6.45) is 3.12. The summed E-state index contributed by atoms with van der Waals surface area (Å²) in [5, 5.41) is 8.01. The maximum atomic E-state index is 11.5. The second-order valence-electron chi connectivity index (χ2n) is 3.33. The number of aryl methyl sites for hydroxylation is 1. The second kappa shape index (κ2) is 4.14. The number of hydrogen-bond acceptors (Lipinski definition) is 4. The number of carbonyl (C=O) groups is 1. The van der Waals surface area contributed by atoms with Gasteiger partial charge in [-0.3, -0.25) is 0 Å². The molecule has 82 valence electrons. The fourth-order valence-corrected chi connectivity index (χ4v) is 1.43. The van der Waals surface area contributed by atoms with Crippen LogP contribution in [0.4, 0.5) is 0 Å². The summed E-state index contributed by atoms with van der Waals surface area (Å²) in [6, 6.07) is 5.39. The molecule has 1 aromatic carbocycles. The fourth-order valence-electron chi connectivity index (χ4n) is 1.43. The van der Waals surface area contributed by atoms with Crippen LogP contribution in [-0.4, -0.2) is 28.1 Å². The van der Waals surface area contributed by atoms with Gasteiger partial charge in [-0.2, -0.15) is 15.0 Å². The predicted octanol–water partition coefficient (Wildman–Crippen LogP) is 1.36. The smallest absolute Gasteiger partial charge is 0.340 e. The lowest BCUT2D eigenvalue weighted by molar-refractivity contribution is 0.0600. The van der Waals surface area contributed by atoms with Crippen LogP contribution in [0.2, 0.25) is 0 Å². The van der Waals surface area contributed by atoms with Crippen molar-refractivity contribution in [2.75, 3.05) is 7.11 Å². The van der Waals surface area contributed by atoms with Gasteiger partial charge in [0.05, 0.1) is 25.1 Å². The van der Waals surface area contributed by atoms with Crippen LogP contribution >= 0.6 is 0 Å². The van der Waals surface area contributed by atoms with Gasteiger partial charge in [-0.25, -0.2) is 4.79 Å². The first-order valence-corrected chi connectivity index (χ1v) is 4.78.